The lowest BCUT2D eigenvalue weighted by Crippen LogP contribution is -2.23. The summed E-state index contributed by atoms with van der Waals surface area (Å²) < 4.78 is 19.9. The van der Waals surface area contributed by atoms with Gasteiger partial charge in [0.1, 0.15) is 25.4 Å². The molecule has 8 nitrogen and oxygen atoms in total. The fourth-order valence-corrected chi connectivity index (χ4v) is 1.59. The number of esters is 2. The Labute approximate surface area is 148 Å². The molecule has 0 heterocycles. The molecule has 2 N–H and O–H groups in total. The van der Waals surface area contributed by atoms with Crippen molar-refractivity contribution in [3.63, 3.8) is 0 Å². The summed E-state index contributed by atoms with van der Waals surface area (Å²) in [5, 5.41) is 19.0. The van der Waals surface area contributed by atoms with Crippen molar-refractivity contribution in [1.29, 1.82) is 0 Å². The van der Waals surface area contributed by atoms with Crippen LogP contribution in [0.1, 0.15) is 19.3 Å². The molecule has 0 fully saturated rings. The first kappa shape index (κ1) is 23.3. The molecule has 144 valence electrons. The van der Waals surface area contributed by atoms with Gasteiger partial charge >= 0.3 is 11.9 Å². The van der Waals surface area contributed by atoms with Crippen molar-refractivity contribution in [2.75, 3.05) is 39.6 Å². The van der Waals surface area contributed by atoms with Crippen molar-refractivity contribution in [3.8, 4) is 0 Å². The van der Waals surface area contributed by atoms with Gasteiger partial charge in [0.15, 0.2) is 0 Å². The number of aliphatic hydroxyl groups excluding tert-OH is 2. The standard InChI is InChI=1S/C17H28O8/c1-3-16(20)24-12-14(18)10-22-8-6-5-7-9-23-11-15(19)13-25-17(21)4-2/h3-4,14-15,18-19H,1-2,5-13H2. The predicted molar refractivity (Wildman–Crippen MR) is 89.8 cm³/mol. The first-order valence-electron chi connectivity index (χ1n) is 8.09. The molecule has 2 atom stereocenters. The summed E-state index contributed by atoms with van der Waals surface area (Å²) in [7, 11) is 0. The number of rotatable bonds is 16. The Kier molecular flexibility index (Phi) is 14.7. The maximum atomic E-state index is 10.8. The summed E-state index contributed by atoms with van der Waals surface area (Å²) in [6.07, 6.45) is 2.80. The molecule has 0 bridgehead atoms. The van der Waals surface area contributed by atoms with E-state index < -0.39 is 24.1 Å². The van der Waals surface area contributed by atoms with Crippen molar-refractivity contribution in [2.45, 2.75) is 31.5 Å². The lowest BCUT2D eigenvalue weighted by Gasteiger charge is -2.12. The lowest BCUT2D eigenvalue weighted by molar-refractivity contribution is -0.142. The van der Waals surface area contributed by atoms with E-state index in [9.17, 15) is 19.8 Å². The van der Waals surface area contributed by atoms with Crippen LogP contribution in [-0.2, 0) is 28.5 Å². The van der Waals surface area contributed by atoms with Crippen molar-refractivity contribution < 1.29 is 38.7 Å². The van der Waals surface area contributed by atoms with Crippen LogP contribution in [0.4, 0.5) is 0 Å². The molecule has 0 saturated heterocycles. The molecule has 0 aliphatic heterocycles. The summed E-state index contributed by atoms with van der Waals surface area (Å²) in [5.74, 6) is -1.16. The van der Waals surface area contributed by atoms with Crippen LogP contribution < -0.4 is 0 Å². The first-order valence-corrected chi connectivity index (χ1v) is 8.09. The van der Waals surface area contributed by atoms with E-state index in [2.05, 4.69) is 22.6 Å². The number of aliphatic hydroxyl groups is 2. The molecule has 0 aromatic carbocycles. The molecule has 0 aliphatic carbocycles. The minimum atomic E-state index is -0.857. The molecule has 0 amide bonds. The van der Waals surface area contributed by atoms with Gasteiger partial charge in [-0.3, -0.25) is 0 Å². The van der Waals surface area contributed by atoms with E-state index >= 15 is 0 Å². The predicted octanol–water partition coefficient (Wildman–Crippen LogP) is 0.370. The third kappa shape index (κ3) is 15.5. The van der Waals surface area contributed by atoms with Gasteiger partial charge in [-0.15, -0.1) is 0 Å². The Hall–Kier alpha value is -1.74. The maximum absolute atomic E-state index is 10.8. The summed E-state index contributed by atoms with van der Waals surface area (Å²) in [6.45, 7) is 7.40. The molecule has 0 spiro atoms. The third-order valence-electron chi connectivity index (χ3n) is 2.87. The zero-order valence-electron chi connectivity index (χ0n) is 14.4. The zero-order valence-corrected chi connectivity index (χ0v) is 14.4. The smallest absolute Gasteiger partial charge is 0.330 e. The Morgan fingerprint density at radius 3 is 1.52 bits per heavy atom. The van der Waals surface area contributed by atoms with Gasteiger partial charge < -0.3 is 29.2 Å². The van der Waals surface area contributed by atoms with Crippen LogP contribution in [-0.4, -0.2) is 74.0 Å². The second-order valence-electron chi connectivity index (χ2n) is 5.19. The van der Waals surface area contributed by atoms with Crippen LogP contribution in [0.5, 0.6) is 0 Å². The zero-order chi connectivity index (χ0) is 18.9. The summed E-state index contributed by atoms with van der Waals surface area (Å²) in [4.78, 5) is 21.6. The van der Waals surface area contributed by atoms with Crippen LogP contribution in [0.2, 0.25) is 0 Å². The minimum absolute atomic E-state index is 0.0938. The summed E-state index contributed by atoms with van der Waals surface area (Å²) in [6, 6.07) is 0. The molecule has 25 heavy (non-hydrogen) atoms. The third-order valence-corrected chi connectivity index (χ3v) is 2.87. The van der Waals surface area contributed by atoms with Crippen molar-refractivity contribution in [2.24, 2.45) is 0 Å². The van der Waals surface area contributed by atoms with E-state index in [1.807, 2.05) is 0 Å². The molecule has 0 aromatic rings. The van der Waals surface area contributed by atoms with E-state index in [1.165, 1.54) is 0 Å². The highest BCUT2D eigenvalue weighted by Gasteiger charge is 2.08. The minimum Gasteiger partial charge on any atom is -0.460 e. The molecule has 0 radical (unpaired) electrons. The Bertz CT molecular complexity index is 360. The summed E-state index contributed by atoms with van der Waals surface area (Å²) in [5.41, 5.74) is 0. The van der Waals surface area contributed by atoms with Gasteiger partial charge in [0.25, 0.3) is 0 Å². The number of carbonyl (C=O) groups excluding carboxylic acids is 2. The molecule has 0 rings (SSSR count). The van der Waals surface area contributed by atoms with Crippen molar-refractivity contribution in [3.05, 3.63) is 25.3 Å². The van der Waals surface area contributed by atoms with E-state index in [-0.39, 0.29) is 26.4 Å². The van der Waals surface area contributed by atoms with E-state index in [0.29, 0.717) is 13.2 Å². The highest BCUT2D eigenvalue weighted by molar-refractivity contribution is 5.81. The first-order chi connectivity index (χ1) is 12.0. The average Bonchev–Trinajstić information content (AvgIpc) is 2.62. The summed E-state index contributed by atoms with van der Waals surface area (Å²) >= 11 is 0. The average molecular weight is 360 g/mol. The molecular formula is C17H28O8. The fraction of sp³-hybridized carbons (Fsp3) is 0.647. The van der Waals surface area contributed by atoms with Gasteiger partial charge in [0, 0.05) is 25.4 Å². The second kappa shape index (κ2) is 15.8. The van der Waals surface area contributed by atoms with Crippen LogP contribution in [0.25, 0.3) is 0 Å². The van der Waals surface area contributed by atoms with Crippen LogP contribution in [0, 0.1) is 0 Å². The molecule has 0 aliphatic rings. The Balaban J connectivity index is 3.35. The van der Waals surface area contributed by atoms with Crippen LogP contribution >= 0.6 is 0 Å². The molecular weight excluding hydrogens is 332 g/mol. The lowest BCUT2D eigenvalue weighted by atomic mass is 10.2. The molecule has 8 heteroatoms. The van der Waals surface area contributed by atoms with Gasteiger partial charge in [-0.05, 0) is 19.3 Å². The van der Waals surface area contributed by atoms with Gasteiger partial charge in [-0.1, -0.05) is 13.2 Å². The SMILES string of the molecule is C=CC(=O)OCC(O)COCCCCCOCC(O)COC(=O)C=C. The van der Waals surface area contributed by atoms with Gasteiger partial charge in [-0.25, -0.2) is 9.59 Å². The fourth-order valence-electron chi connectivity index (χ4n) is 1.59. The van der Waals surface area contributed by atoms with Crippen LogP contribution in [0.15, 0.2) is 25.3 Å². The largest absolute Gasteiger partial charge is 0.460 e. The number of hydrogen-bond acceptors (Lipinski definition) is 8. The second-order valence-corrected chi connectivity index (χ2v) is 5.19. The Morgan fingerprint density at radius 1 is 0.760 bits per heavy atom. The molecule has 2 unspecified atom stereocenters. The van der Waals surface area contributed by atoms with Crippen molar-refractivity contribution in [1.82, 2.24) is 0 Å². The molecule has 0 saturated carbocycles. The maximum Gasteiger partial charge on any atom is 0.330 e. The van der Waals surface area contributed by atoms with Crippen molar-refractivity contribution >= 4 is 11.9 Å². The van der Waals surface area contributed by atoms with E-state index in [0.717, 1.165) is 31.4 Å². The number of ether oxygens (including phenoxy) is 4. The number of carbonyl (C=O) groups is 2. The highest BCUT2D eigenvalue weighted by Crippen LogP contribution is 1.99. The van der Waals surface area contributed by atoms with Gasteiger partial charge in [0.2, 0.25) is 0 Å². The number of unbranched alkanes of at least 4 members (excludes halogenated alkanes) is 2. The monoisotopic (exact) mass is 360 g/mol. The van der Waals surface area contributed by atoms with Crippen LogP contribution in [0.3, 0.4) is 0 Å². The van der Waals surface area contributed by atoms with E-state index in [4.69, 9.17) is 9.47 Å². The normalized spacial score (nSPS) is 12.9. The van der Waals surface area contributed by atoms with E-state index in [1.54, 1.807) is 0 Å². The quantitative estimate of drug-likeness (QED) is 0.231. The molecule has 0 aromatic heterocycles. The topological polar surface area (TPSA) is 112 Å². The number of hydrogen-bond donors (Lipinski definition) is 2. The highest BCUT2D eigenvalue weighted by atomic mass is 16.6. The van der Waals surface area contributed by atoms with Gasteiger partial charge in [-0.2, -0.15) is 0 Å². The Morgan fingerprint density at radius 2 is 1.16 bits per heavy atom. The van der Waals surface area contributed by atoms with Gasteiger partial charge in [0.05, 0.1) is 13.2 Å².